The summed E-state index contributed by atoms with van der Waals surface area (Å²) in [5.74, 6) is 0.679. The number of amides is 2. The van der Waals surface area contributed by atoms with Gasteiger partial charge in [0.15, 0.2) is 11.6 Å². The molecule has 30 heavy (non-hydrogen) atoms. The van der Waals surface area contributed by atoms with Crippen LogP contribution in [0.2, 0.25) is 0 Å². The Bertz CT molecular complexity index is 797. The van der Waals surface area contributed by atoms with Crippen molar-refractivity contribution in [3.05, 3.63) is 0 Å². The van der Waals surface area contributed by atoms with Crippen LogP contribution in [0.4, 0.5) is 17.3 Å². The molecular weight excluding hydrogens is 386 g/mol. The van der Waals surface area contributed by atoms with Crippen LogP contribution >= 0.6 is 0 Å². The van der Waals surface area contributed by atoms with E-state index < -0.39 is 6.04 Å². The molecule has 164 valence electrons. The van der Waals surface area contributed by atoms with Crippen molar-refractivity contribution >= 4 is 29.1 Å². The topological polar surface area (TPSA) is 117 Å². The fraction of sp³-hybridized carbons (Fsp3) is 0.700. The van der Waals surface area contributed by atoms with Crippen LogP contribution in [0.5, 0.6) is 6.01 Å². The number of aromatic nitrogens is 2. The maximum absolute atomic E-state index is 12.9. The van der Waals surface area contributed by atoms with E-state index in [0.29, 0.717) is 44.3 Å². The lowest BCUT2D eigenvalue weighted by Gasteiger charge is -2.36. The number of carbonyl (C=O) groups excluding carboxylic acids is 2. The molecular formula is C20H31N7O3. The van der Waals surface area contributed by atoms with Crippen molar-refractivity contribution in [3.8, 4) is 6.01 Å². The van der Waals surface area contributed by atoms with Gasteiger partial charge in [-0.3, -0.25) is 14.5 Å². The summed E-state index contributed by atoms with van der Waals surface area (Å²) in [4.78, 5) is 40.4. The number of nitrogens with zero attached hydrogens (tertiary/aromatic N) is 5. The summed E-state index contributed by atoms with van der Waals surface area (Å²) < 4.78 is 5.65. The second-order valence-corrected chi connectivity index (χ2v) is 8.17. The fourth-order valence-corrected chi connectivity index (χ4v) is 4.27. The van der Waals surface area contributed by atoms with Crippen LogP contribution in [-0.2, 0) is 9.59 Å². The summed E-state index contributed by atoms with van der Waals surface area (Å²) in [6.07, 6.45) is 4.95. The quantitative estimate of drug-likeness (QED) is 0.650. The molecule has 1 aromatic heterocycles. The summed E-state index contributed by atoms with van der Waals surface area (Å²) in [5, 5.41) is 2.85. The highest BCUT2D eigenvalue weighted by atomic mass is 16.5. The molecule has 3 aliphatic heterocycles. The van der Waals surface area contributed by atoms with Gasteiger partial charge in [-0.2, -0.15) is 9.97 Å². The van der Waals surface area contributed by atoms with Gasteiger partial charge in [-0.15, -0.1) is 0 Å². The molecule has 0 spiro atoms. The number of likely N-dealkylation sites (tertiary alicyclic amines) is 1. The number of nitrogens with two attached hydrogens (primary N) is 1. The Morgan fingerprint density at radius 3 is 2.77 bits per heavy atom. The standard InChI is InChI=1S/C20H31N7O3/c1-2-3-11-30-20-23-17(21)16-18(24-20)27-10-6-9-26(12-14(27)19(29)22-16)15(28)13-25-7-4-5-8-25/h14H,2-13H2,1H3,(H,22,29)(H2,21,23,24). The molecule has 10 nitrogen and oxygen atoms in total. The number of hydrogen-bond acceptors (Lipinski definition) is 8. The van der Waals surface area contributed by atoms with Crippen molar-refractivity contribution in [1.29, 1.82) is 0 Å². The maximum Gasteiger partial charge on any atom is 0.320 e. The van der Waals surface area contributed by atoms with E-state index in [1.54, 1.807) is 0 Å². The van der Waals surface area contributed by atoms with Gasteiger partial charge in [-0.1, -0.05) is 13.3 Å². The Hall–Kier alpha value is -2.62. The summed E-state index contributed by atoms with van der Waals surface area (Å²) in [6.45, 7) is 6.55. The van der Waals surface area contributed by atoms with Crippen molar-refractivity contribution in [3.63, 3.8) is 0 Å². The minimum absolute atomic E-state index is 0.0862. The third kappa shape index (κ3) is 4.28. The highest BCUT2D eigenvalue weighted by Gasteiger charge is 2.39. The maximum atomic E-state index is 12.9. The number of carbonyl (C=O) groups is 2. The Labute approximate surface area is 176 Å². The third-order valence-electron chi connectivity index (χ3n) is 5.96. The molecule has 4 heterocycles. The molecule has 0 bridgehead atoms. The number of fused-ring (bicyclic) bond motifs is 3. The molecule has 2 saturated heterocycles. The molecule has 2 amide bonds. The largest absolute Gasteiger partial charge is 0.463 e. The van der Waals surface area contributed by atoms with Gasteiger partial charge in [-0.25, -0.2) is 0 Å². The minimum atomic E-state index is -0.500. The van der Waals surface area contributed by atoms with Crippen LogP contribution < -0.4 is 20.7 Å². The molecule has 2 fully saturated rings. The van der Waals surface area contributed by atoms with Gasteiger partial charge in [0.2, 0.25) is 11.8 Å². The van der Waals surface area contributed by atoms with Gasteiger partial charge in [0.25, 0.3) is 0 Å². The molecule has 0 radical (unpaired) electrons. The second-order valence-electron chi connectivity index (χ2n) is 8.17. The average molecular weight is 418 g/mol. The number of rotatable bonds is 6. The van der Waals surface area contributed by atoms with Crippen LogP contribution in [0.25, 0.3) is 0 Å². The molecule has 1 aromatic rings. The van der Waals surface area contributed by atoms with Gasteiger partial charge in [-0.05, 0) is 38.8 Å². The first kappa shape index (κ1) is 20.6. The molecule has 1 unspecified atom stereocenters. The van der Waals surface area contributed by atoms with Gasteiger partial charge in [0.05, 0.1) is 19.7 Å². The minimum Gasteiger partial charge on any atom is -0.463 e. The molecule has 3 aliphatic rings. The SMILES string of the molecule is CCCCOc1nc(N)c2c(n1)N1CCCN(C(=O)CN3CCCC3)CC1C(=O)N2. The van der Waals surface area contributed by atoms with Gasteiger partial charge in [0, 0.05) is 13.1 Å². The highest BCUT2D eigenvalue weighted by Crippen LogP contribution is 2.36. The van der Waals surface area contributed by atoms with Gasteiger partial charge < -0.3 is 25.6 Å². The Balaban J connectivity index is 1.52. The van der Waals surface area contributed by atoms with Crippen molar-refractivity contribution in [1.82, 2.24) is 19.8 Å². The van der Waals surface area contributed by atoms with Crippen molar-refractivity contribution in [2.45, 2.75) is 45.1 Å². The van der Waals surface area contributed by atoms with Gasteiger partial charge in [0.1, 0.15) is 11.7 Å². The first-order valence-corrected chi connectivity index (χ1v) is 10.9. The zero-order chi connectivity index (χ0) is 21.1. The van der Waals surface area contributed by atoms with Crippen molar-refractivity contribution in [2.24, 2.45) is 0 Å². The molecule has 0 saturated carbocycles. The van der Waals surface area contributed by atoms with Crippen LogP contribution in [0, 0.1) is 0 Å². The Kier molecular flexibility index (Phi) is 6.21. The lowest BCUT2D eigenvalue weighted by atomic mass is 10.1. The van der Waals surface area contributed by atoms with E-state index in [1.165, 1.54) is 0 Å². The van der Waals surface area contributed by atoms with E-state index in [9.17, 15) is 9.59 Å². The van der Waals surface area contributed by atoms with E-state index in [-0.39, 0.29) is 23.6 Å². The van der Waals surface area contributed by atoms with E-state index in [0.717, 1.165) is 45.2 Å². The zero-order valence-corrected chi connectivity index (χ0v) is 17.6. The smallest absolute Gasteiger partial charge is 0.320 e. The Morgan fingerprint density at radius 2 is 2.00 bits per heavy atom. The predicted molar refractivity (Wildman–Crippen MR) is 113 cm³/mol. The van der Waals surface area contributed by atoms with E-state index >= 15 is 0 Å². The third-order valence-corrected chi connectivity index (χ3v) is 5.96. The first-order chi connectivity index (χ1) is 14.6. The lowest BCUT2D eigenvalue weighted by molar-refractivity contribution is -0.132. The normalized spacial score (nSPS) is 21.6. The van der Waals surface area contributed by atoms with E-state index in [1.807, 2.05) is 9.80 Å². The van der Waals surface area contributed by atoms with Crippen molar-refractivity contribution in [2.75, 3.05) is 61.8 Å². The monoisotopic (exact) mass is 417 g/mol. The van der Waals surface area contributed by atoms with Crippen LogP contribution in [0.15, 0.2) is 0 Å². The van der Waals surface area contributed by atoms with Crippen LogP contribution in [0.1, 0.15) is 39.0 Å². The van der Waals surface area contributed by atoms with E-state index in [4.69, 9.17) is 10.5 Å². The molecule has 1 atom stereocenters. The van der Waals surface area contributed by atoms with Gasteiger partial charge >= 0.3 is 6.01 Å². The number of ether oxygens (including phenoxy) is 1. The number of nitrogen functional groups attached to an aromatic ring is 1. The Morgan fingerprint density at radius 1 is 1.20 bits per heavy atom. The molecule has 0 aliphatic carbocycles. The molecule has 4 rings (SSSR count). The first-order valence-electron chi connectivity index (χ1n) is 10.9. The summed E-state index contributed by atoms with van der Waals surface area (Å²) in [6, 6.07) is -0.277. The summed E-state index contributed by atoms with van der Waals surface area (Å²) in [5.41, 5.74) is 6.52. The number of hydrogen-bond donors (Lipinski definition) is 2. The molecule has 0 aromatic carbocycles. The van der Waals surface area contributed by atoms with Crippen LogP contribution in [0.3, 0.4) is 0 Å². The molecule has 3 N–H and O–H groups in total. The van der Waals surface area contributed by atoms with Crippen molar-refractivity contribution < 1.29 is 14.3 Å². The predicted octanol–water partition coefficient (Wildman–Crippen LogP) is 0.693. The number of nitrogens with one attached hydrogen (secondary N) is 1. The lowest BCUT2D eigenvalue weighted by Crippen LogP contribution is -2.54. The summed E-state index contributed by atoms with van der Waals surface area (Å²) in [7, 11) is 0. The summed E-state index contributed by atoms with van der Waals surface area (Å²) >= 11 is 0. The number of anilines is 3. The zero-order valence-electron chi connectivity index (χ0n) is 17.6. The van der Waals surface area contributed by atoms with Crippen LogP contribution in [-0.4, -0.2) is 83.5 Å². The number of unbranched alkanes of at least 4 members (excludes halogenated alkanes) is 1. The van der Waals surface area contributed by atoms with E-state index in [2.05, 4.69) is 27.1 Å². The molecule has 10 heteroatoms. The average Bonchev–Trinajstić information content (AvgIpc) is 3.12. The second kappa shape index (κ2) is 9.03. The fourth-order valence-electron chi connectivity index (χ4n) is 4.27. The highest BCUT2D eigenvalue weighted by molar-refractivity contribution is 6.05.